The Morgan fingerprint density at radius 2 is 1.74 bits per heavy atom. The SMILES string of the molecule is C[C@]12CC/C(=N/O)C[C@@H]1CC[C@@H]1[C@H]2CC[C@]2(C)/C(=N/O)CC[C@@H]12. The van der Waals surface area contributed by atoms with Gasteiger partial charge in [-0.2, -0.15) is 0 Å². The summed E-state index contributed by atoms with van der Waals surface area (Å²) in [6.45, 7) is 4.86. The molecule has 4 nitrogen and oxygen atoms in total. The van der Waals surface area contributed by atoms with Crippen LogP contribution < -0.4 is 0 Å². The molecular formula is C19H30N2O2. The van der Waals surface area contributed by atoms with Crippen LogP contribution in [0.5, 0.6) is 0 Å². The van der Waals surface area contributed by atoms with E-state index in [2.05, 4.69) is 24.2 Å². The lowest BCUT2D eigenvalue weighted by atomic mass is 9.45. The fourth-order valence-electron chi connectivity index (χ4n) is 7.10. The number of nitrogens with zero attached hydrogens (tertiary/aromatic N) is 2. The van der Waals surface area contributed by atoms with Gasteiger partial charge in [0, 0.05) is 5.41 Å². The molecule has 0 aromatic heterocycles. The molecule has 2 N–H and O–H groups in total. The Balaban J connectivity index is 1.63. The van der Waals surface area contributed by atoms with Crippen LogP contribution in [0.3, 0.4) is 0 Å². The first-order valence-electron chi connectivity index (χ1n) is 9.44. The predicted octanol–water partition coefficient (Wildman–Crippen LogP) is 4.69. The molecule has 0 aliphatic heterocycles. The van der Waals surface area contributed by atoms with Gasteiger partial charge in [-0.15, -0.1) is 0 Å². The zero-order valence-corrected chi connectivity index (χ0v) is 14.5. The molecular weight excluding hydrogens is 288 g/mol. The normalized spacial score (nSPS) is 53.0. The summed E-state index contributed by atoms with van der Waals surface area (Å²) in [5.41, 5.74) is 2.64. The molecule has 0 aromatic rings. The summed E-state index contributed by atoms with van der Waals surface area (Å²) in [4.78, 5) is 0. The molecule has 4 fully saturated rings. The van der Waals surface area contributed by atoms with Gasteiger partial charge in [0.1, 0.15) is 0 Å². The van der Waals surface area contributed by atoms with Crippen LogP contribution in [0.15, 0.2) is 10.3 Å². The Kier molecular flexibility index (Phi) is 3.51. The highest BCUT2D eigenvalue weighted by molar-refractivity contribution is 5.92. The van der Waals surface area contributed by atoms with Crippen molar-refractivity contribution in [3.63, 3.8) is 0 Å². The van der Waals surface area contributed by atoms with Gasteiger partial charge in [0.15, 0.2) is 0 Å². The second kappa shape index (κ2) is 5.22. The zero-order valence-electron chi connectivity index (χ0n) is 14.5. The second-order valence-corrected chi connectivity index (χ2v) is 9.07. The van der Waals surface area contributed by atoms with Gasteiger partial charge in [0.05, 0.1) is 11.4 Å². The van der Waals surface area contributed by atoms with E-state index in [9.17, 15) is 5.21 Å². The van der Waals surface area contributed by atoms with E-state index in [1.807, 2.05) is 0 Å². The van der Waals surface area contributed by atoms with Crippen molar-refractivity contribution >= 4 is 11.4 Å². The maximum absolute atomic E-state index is 9.41. The van der Waals surface area contributed by atoms with E-state index < -0.39 is 0 Å². The summed E-state index contributed by atoms with van der Waals surface area (Å²) >= 11 is 0. The van der Waals surface area contributed by atoms with Crippen molar-refractivity contribution in [2.45, 2.75) is 71.6 Å². The van der Waals surface area contributed by atoms with Crippen molar-refractivity contribution in [3.05, 3.63) is 0 Å². The molecule has 0 radical (unpaired) electrons. The number of hydrogen-bond acceptors (Lipinski definition) is 4. The summed E-state index contributed by atoms with van der Waals surface area (Å²) < 4.78 is 0. The lowest BCUT2D eigenvalue weighted by molar-refractivity contribution is -0.0819. The third kappa shape index (κ3) is 2.02. The van der Waals surface area contributed by atoms with Gasteiger partial charge in [-0.1, -0.05) is 24.2 Å². The highest BCUT2D eigenvalue weighted by Gasteiger charge is 2.59. The smallest absolute Gasteiger partial charge is 0.0632 e. The number of rotatable bonds is 0. The quantitative estimate of drug-likeness (QED) is 0.502. The van der Waals surface area contributed by atoms with Crippen molar-refractivity contribution < 1.29 is 10.4 Å². The highest BCUT2D eigenvalue weighted by Crippen LogP contribution is 2.65. The molecule has 4 aliphatic rings. The summed E-state index contributed by atoms with van der Waals surface area (Å²) in [6, 6.07) is 0. The number of hydrogen-bond donors (Lipinski definition) is 2. The fourth-order valence-corrected chi connectivity index (χ4v) is 7.10. The topological polar surface area (TPSA) is 65.2 Å². The summed E-state index contributed by atoms with van der Waals surface area (Å²) in [6.07, 6.45) is 10.4. The van der Waals surface area contributed by atoms with Crippen LogP contribution in [0.25, 0.3) is 0 Å². The Hall–Kier alpha value is -1.06. The minimum Gasteiger partial charge on any atom is -0.411 e. The molecule has 0 unspecified atom stereocenters. The van der Waals surface area contributed by atoms with Crippen molar-refractivity contribution in [2.75, 3.05) is 0 Å². The third-order valence-electron chi connectivity index (χ3n) is 8.50. The number of oxime groups is 2. The molecule has 0 saturated heterocycles. The Labute approximate surface area is 139 Å². The zero-order chi connectivity index (χ0) is 16.2. The van der Waals surface area contributed by atoms with Gasteiger partial charge in [-0.25, -0.2) is 0 Å². The minimum atomic E-state index is 0.144. The van der Waals surface area contributed by atoms with E-state index >= 15 is 0 Å². The van der Waals surface area contributed by atoms with E-state index in [1.54, 1.807) is 0 Å². The molecule has 4 aliphatic carbocycles. The second-order valence-electron chi connectivity index (χ2n) is 9.07. The summed E-state index contributed by atoms with van der Waals surface area (Å²) in [7, 11) is 0. The van der Waals surface area contributed by atoms with Crippen LogP contribution >= 0.6 is 0 Å². The monoisotopic (exact) mass is 318 g/mol. The van der Waals surface area contributed by atoms with Crippen molar-refractivity contribution in [1.29, 1.82) is 0 Å². The van der Waals surface area contributed by atoms with Crippen LogP contribution in [-0.4, -0.2) is 21.8 Å². The first-order chi connectivity index (χ1) is 11.0. The first-order valence-corrected chi connectivity index (χ1v) is 9.44. The van der Waals surface area contributed by atoms with Crippen molar-refractivity contribution in [2.24, 2.45) is 44.8 Å². The van der Waals surface area contributed by atoms with E-state index in [4.69, 9.17) is 5.21 Å². The molecule has 6 atom stereocenters. The largest absolute Gasteiger partial charge is 0.411 e. The Bertz CT molecular complexity index is 558. The lowest BCUT2D eigenvalue weighted by Gasteiger charge is -2.59. The summed E-state index contributed by atoms with van der Waals surface area (Å²) in [5.74, 6) is 3.00. The first kappa shape index (κ1) is 15.5. The molecule has 4 heteroatoms. The van der Waals surface area contributed by atoms with E-state index in [0.29, 0.717) is 17.3 Å². The van der Waals surface area contributed by atoms with Crippen molar-refractivity contribution in [3.8, 4) is 0 Å². The van der Waals surface area contributed by atoms with Crippen molar-refractivity contribution in [1.82, 2.24) is 0 Å². The van der Waals surface area contributed by atoms with Gasteiger partial charge < -0.3 is 10.4 Å². The van der Waals surface area contributed by atoms with E-state index in [0.717, 1.165) is 42.5 Å². The fraction of sp³-hybridized carbons (Fsp3) is 0.895. The van der Waals surface area contributed by atoms with Crippen LogP contribution in [0, 0.1) is 34.5 Å². The van der Waals surface area contributed by atoms with E-state index in [1.165, 1.54) is 38.5 Å². The maximum atomic E-state index is 9.41. The number of fused-ring (bicyclic) bond motifs is 5. The molecule has 0 heterocycles. The Morgan fingerprint density at radius 3 is 2.48 bits per heavy atom. The molecule has 4 saturated carbocycles. The average Bonchev–Trinajstić information content (AvgIpc) is 2.90. The maximum Gasteiger partial charge on any atom is 0.0632 e. The molecule has 0 aromatic carbocycles. The van der Waals surface area contributed by atoms with Gasteiger partial charge in [0.25, 0.3) is 0 Å². The Morgan fingerprint density at radius 1 is 0.913 bits per heavy atom. The van der Waals surface area contributed by atoms with E-state index in [-0.39, 0.29) is 5.41 Å². The average molecular weight is 318 g/mol. The minimum absolute atomic E-state index is 0.144. The van der Waals surface area contributed by atoms with Gasteiger partial charge in [0.2, 0.25) is 0 Å². The van der Waals surface area contributed by atoms with Gasteiger partial charge in [-0.3, -0.25) is 0 Å². The molecule has 4 rings (SSSR count). The van der Waals surface area contributed by atoms with Crippen LogP contribution in [0.1, 0.15) is 71.6 Å². The third-order valence-corrected chi connectivity index (χ3v) is 8.50. The molecule has 128 valence electrons. The van der Waals surface area contributed by atoms with Crippen LogP contribution in [0.2, 0.25) is 0 Å². The van der Waals surface area contributed by atoms with Crippen LogP contribution in [0.4, 0.5) is 0 Å². The summed E-state index contributed by atoms with van der Waals surface area (Å²) in [5, 5.41) is 25.8. The highest BCUT2D eigenvalue weighted by atomic mass is 16.4. The molecule has 0 spiro atoms. The molecule has 0 bridgehead atoms. The lowest BCUT2D eigenvalue weighted by Crippen LogP contribution is -2.53. The predicted molar refractivity (Wildman–Crippen MR) is 90.2 cm³/mol. The van der Waals surface area contributed by atoms with Gasteiger partial charge >= 0.3 is 0 Å². The van der Waals surface area contributed by atoms with Crippen LogP contribution in [-0.2, 0) is 0 Å². The standard InChI is InChI=1S/C19H30N2O2/c1-18-9-7-13(20-22)11-12(18)3-4-14-15-5-6-17(21-23)19(15,2)10-8-16(14)18/h12,14-16,22-23H,3-11H2,1-2H3/b20-13-,21-17+/t12-,14-,15-,16+,18-,19-/m0/s1. The molecule has 23 heavy (non-hydrogen) atoms. The molecule has 0 amide bonds. The van der Waals surface area contributed by atoms with Gasteiger partial charge in [-0.05, 0) is 86.9 Å².